The number of hydrogen-bond donors (Lipinski definition) is 0. The number of ether oxygens (including phenoxy) is 18. The number of halogens is 2. The van der Waals surface area contributed by atoms with Crippen LogP contribution in [0.4, 0.5) is 4.39 Å². The maximum absolute atomic E-state index is 13.0. The van der Waals surface area contributed by atoms with Gasteiger partial charge < -0.3 is 85.3 Å². The number of methoxy groups -OCH3 is 9. The lowest BCUT2D eigenvalue weighted by atomic mass is 10.2. The lowest BCUT2D eigenvalue weighted by molar-refractivity contribution is -0.150. The zero-order chi connectivity index (χ0) is 74.8. The standard InChI is InChI=1S/C10H11ClO3.C10H11FO3.C10H12O3.C7H12O3.2C7H14O3.C6H12O3.C6H10O3.C6H8O3/c2*1-13-7-10(12)14-6-8-4-2-3-5-9(8)11;1-12-8-10(11)13-7-9-5-3-2-4-6-9;1-9-5-7(8)10-4-6-2-3-6;1-6(2)4-10-7(8)5-9-3;1-3-4-5-10-7(8)6-9-2;3*1-3-4-9-6(7)5-8-2/h2*2-5H,6-7H2,1H3;2-6H,7-8H2,1H3;6H,2-5H2,1H3;6H,4-5H2,1-3H3;3-6H2,1-2H3;3-5H2,1-2H3;3H,1,4-5H2,2H3;1H,4-5H2,2H3. The van der Waals surface area contributed by atoms with Crippen LogP contribution in [0.5, 0.6) is 0 Å². The van der Waals surface area contributed by atoms with E-state index >= 15 is 0 Å². The zero-order valence-corrected chi connectivity index (χ0v) is 59.8. The SMILES string of the molecule is C#CCOC(=O)COC.C=CCOC(=O)COC.CCCCOC(=O)COC.CCCOC(=O)COC.COCC(=O)OCC(C)C.COCC(=O)OCC1CC1.COCC(=O)OCc1ccccc1.COCC(=O)OCc1ccccc1Cl.COCC(=O)OCc1ccccc1F. The molecule has 0 atom stereocenters. The fourth-order valence-corrected chi connectivity index (χ4v) is 5.49. The predicted octanol–water partition coefficient (Wildman–Crippen LogP) is 8.07. The number of hydrogen-bond acceptors (Lipinski definition) is 27. The van der Waals surface area contributed by atoms with Crippen molar-refractivity contribution in [2.24, 2.45) is 11.8 Å². The summed E-state index contributed by atoms with van der Waals surface area (Å²) >= 11 is 5.86. The second-order valence-electron chi connectivity index (χ2n) is 19.4. The minimum absolute atomic E-state index is 0.00678. The van der Waals surface area contributed by atoms with E-state index in [1.54, 1.807) is 24.3 Å². The third kappa shape index (κ3) is 75.4. The summed E-state index contributed by atoms with van der Waals surface area (Å²) in [6.45, 7) is 14.2. The van der Waals surface area contributed by atoms with Crippen molar-refractivity contribution in [3.8, 4) is 12.3 Å². The first-order chi connectivity index (χ1) is 47.0. The van der Waals surface area contributed by atoms with E-state index in [1.807, 2.05) is 76.2 Å². The monoisotopic (exact) mass is 1420 g/mol. The smallest absolute Gasteiger partial charge is 0.333 e. The molecule has 29 heteroatoms. The fraction of sp³-hybridized carbons (Fsp3) is 0.551. The van der Waals surface area contributed by atoms with E-state index in [4.69, 9.17) is 46.4 Å². The molecule has 0 spiro atoms. The van der Waals surface area contributed by atoms with Gasteiger partial charge in [-0.15, -0.1) is 6.42 Å². The van der Waals surface area contributed by atoms with Crippen molar-refractivity contribution in [3.05, 3.63) is 119 Å². The van der Waals surface area contributed by atoms with Crippen LogP contribution >= 0.6 is 11.6 Å². The summed E-state index contributed by atoms with van der Waals surface area (Å²) in [5.41, 5.74) is 2.13. The molecule has 4 rings (SSSR count). The molecule has 1 fully saturated rings. The average Bonchev–Trinajstić information content (AvgIpc) is 2.75. The van der Waals surface area contributed by atoms with E-state index in [0.717, 1.165) is 30.4 Å². The molecule has 1 aliphatic rings. The topological polar surface area (TPSA) is 320 Å². The lowest BCUT2D eigenvalue weighted by Gasteiger charge is -2.05. The van der Waals surface area contributed by atoms with Crippen LogP contribution in [-0.2, 0) is 148 Å². The van der Waals surface area contributed by atoms with Crippen molar-refractivity contribution in [1.82, 2.24) is 0 Å². The minimum atomic E-state index is -0.504. The Hall–Kier alpha value is -7.95. The average molecular weight is 1420 g/mol. The molecule has 0 bridgehead atoms. The van der Waals surface area contributed by atoms with Crippen LogP contribution in [0.1, 0.15) is 76.5 Å². The Morgan fingerprint density at radius 2 is 0.847 bits per heavy atom. The molecule has 27 nitrogen and oxygen atoms in total. The summed E-state index contributed by atoms with van der Waals surface area (Å²) in [6, 6.07) is 22.9. The predicted molar refractivity (Wildman–Crippen MR) is 358 cm³/mol. The van der Waals surface area contributed by atoms with Gasteiger partial charge in [0.15, 0.2) is 6.61 Å². The molecule has 0 saturated heterocycles. The summed E-state index contributed by atoms with van der Waals surface area (Å²) in [4.78, 5) is 95.7. The van der Waals surface area contributed by atoms with Crippen LogP contribution in [0.3, 0.4) is 0 Å². The van der Waals surface area contributed by atoms with Crippen LogP contribution in [-0.4, -0.2) is 217 Å². The van der Waals surface area contributed by atoms with E-state index in [2.05, 4.69) is 69.3 Å². The number of benzene rings is 3. The van der Waals surface area contributed by atoms with Gasteiger partial charge in [-0.05, 0) is 55.2 Å². The quantitative estimate of drug-likeness (QED) is 0.0174. The maximum atomic E-state index is 13.0. The molecule has 98 heavy (non-hydrogen) atoms. The van der Waals surface area contributed by atoms with Crippen molar-refractivity contribution in [3.63, 3.8) is 0 Å². The molecule has 0 aliphatic heterocycles. The molecule has 1 aliphatic carbocycles. The van der Waals surface area contributed by atoms with Crippen molar-refractivity contribution < 1.29 is 133 Å². The molecule has 3 aromatic carbocycles. The summed E-state index contributed by atoms with van der Waals surface area (Å²) < 4.78 is 96.5. The summed E-state index contributed by atoms with van der Waals surface area (Å²) in [5.74, 6) is -0.353. The third-order valence-electron chi connectivity index (χ3n) is 9.96. The number of unbranched alkanes of at least 4 members (excludes halogenated alkanes) is 1. The van der Waals surface area contributed by atoms with Gasteiger partial charge in [0.05, 0.1) is 26.4 Å². The fourth-order valence-electron chi connectivity index (χ4n) is 5.30. The zero-order valence-electron chi connectivity index (χ0n) is 59.1. The lowest BCUT2D eigenvalue weighted by Crippen LogP contribution is -2.14. The summed E-state index contributed by atoms with van der Waals surface area (Å²) in [5, 5.41) is 0.595. The first-order valence-electron chi connectivity index (χ1n) is 30.4. The molecule has 1 saturated carbocycles. The Morgan fingerprint density at radius 3 is 1.24 bits per heavy atom. The first kappa shape index (κ1) is 98.7. The molecule has 0 heterocycles. The molecular weight excluding hydrogens is 1320 g/mol. The van der Waals surface area contributed by atoms with Crippen molar-refractivity contribution in [1.29, 1.82) is 0 Å². The normalized spacial score (nSPS) is 10.2. The van der Waals surface area contributed by atoms with E-state index in [1.165, 1.54) is 89.0 Å². The first-order valence-corrected chi connectivity index (χ1v) is 30.8. The van der Waals surface area contributed by atoms with E-state index in [9.17, 15) is 47.5 Å². The highest BCUT2D eigenvalue weighted by atomic mass is 35.5. The van der Waals surface area contributed by atoms with Gasteiger partial charge in [-0.1, -0.05) is 131 Å². The second-order valence-corrected chi connectivity index (χ2v) is 19.8. The van der Waals surface area contributed by atoms with Gasteiger partial charge >= 0.3 is 53.7 Å². The Bertz CT molecular complexity index is 2460. The van der Waals surface area contributed by atoms with Gasteiger partial charge in [0, 0.05) is 80.1 Å². The van der Waals surface area contributed by atoms with Gasteiger partial charge in [-0.2, -0.15) is 0 Å². The number of terminal acetylenes is 1. The van der Waals surface area contributed by atoms with Crippen molar-refractivity contribution in [2.45, 2.75) is 79.6 Å². The molecular formula is C69H104ClFO27. The van der Waals surface area contributed by atoms with Gasteiger partial charge in [-0.25, -0.2) is 47.5 Å². The molecule has 0 N–H and O–H groups in total. The highest BCUT2D eigenvalue weighted by molar-refractivity contribution is 6.31. The second kappa shape index (κ2) is 74.8. The van der Waals surface area contributed by atoms with Crippen LogP contribution in [0.15, 0.2) is 91.5 Å². The molecule has 0 unspecified atom stereocenters. The Labute approximate surface area is 581 Å². The van der Waals surface area contributed by atoms with Gasteiger partial charge in [0.25, 0.3) is 0 Å². The highest BCUT2D eigenvalue weighted by Crippen LogP contribution is 2.28. The minimum Gasteiger partial charge on any atom is -0.464 e. The van der Waals surface area contributed by atoms with Crippen LogP contribution in [0.25, 0.3) is 0 Å². The molecule has 0 amide bonds. The van der Waals surface area contributed by atoms with Crippen molar-refractivity contribution >= 4 is 65.3 Å². The Morgan fingerprint density at radius 1 is 0.480 bits per heavy atom. The van der Waals surface area contributed by atoms with E-state index in [0.29, 0.717) is 55.5 Å². The van der Waals surface area contributed by atoms with Crippen LogP contribution in [0, 0.1) is 30.0 Å². The number of esters is 9. The largest absolute Gasteiger partial charge is 0.464 e. The molecule has 3 aromatic rings. The Kier molecular flexibility index (Phi) is 75.4. The molecule has 556 valence electrons. The number of rotatable bonds is 36. The van der Waals surface area contributed by atoms with Gasteiger partial charge in [0.1, 0.15) is 91.7 Å². The van der Waals surface area contributed by atoms with Crippen molar-refractivity contribution in [2.75, 3.05) is 163 Å². The van der Waals surface area contributed by atoms with Crippen LogP contribution < -0.4 is 0 Å². The number of carbonyl (C=O) groups excluding carboxylic acids is 9. The third-order valence-corrected chi connectivity index (χ3v) is 10.3. The van der Waals surface area contributed by atoms with Crippen LogP contribution in [0.2, 0.25) is 5.02 Å². The van der Waals surface area contributed by atoms with E-state index < -0.39 is 17.9 Å². The van der Waals surface area contributed by atoms with E-state index in [-0.39, 0.29) is 128 Å². The Balaban J connectivity index is -0.000000333. The van der Waals surface area contributed by atoms with Gasteiger partial charge in [0.2, 0.25) is 0 Å². The molecule has 0 aromatic heterocycles. The van der Waals surface area contributed by atoms with Gasteiger partial charge in [-0.3, -0.25) is 0 Å². The highest BCUT2D eigenvalue weighted by Gasteiger charge is 2.23. The summed E-state index contributed by atoms with van der Waals surface area (Å²) in [6.07, 6.45) is 11.6. The maximum Gasteiger partial charge on any atom is 0.333 e. The summed E-state index contributed by atoms with van der Waals surface area (Å²) in [7, 11) is 13.0. The molecule has 0 radical (unpaired) electrons. The number of carbonyl (C=O) groups is 9.